The average Bonchev–Trinajstić information content (AvgIpc) is 3.11. The number of aromatic nitrogens is 2. The van der Waals surface area contributed by atoms with Gasteiger partial charge < -0.3 is 19.7 Å². The first kappa shape index (κ1) is 24.2. The van der Waals surface area contributed by atoms with Crippen LogP contribution in [0.5, 0.6) is 0 Å². The summed E-state index contributed by atoms with van der Waals surface area (Å²) in [7, 11) is 0. The third-order valence-corrected chi connectivity index (χ3v) is 4.92. The van der Waals surface area contributed by atoms with Crippen molar-refractivity contribution in [2.75, 3.05) is 25.0 Å². The molecule has 0 aliphatic carbocycles. The van der Waals surface area contributed by atoms with Crippen LogP contribution in [0.25, 0.3) is 5.69 Å². The van der Waals surface area contributed by atoms with Crippen LogP contribution in [0.2, 0.25) is 0 Å². The van der Waals surface area contributed by atoms with E-state index in [9.17, 15) is 18.8 Å². The number of carbonyl (C=O) groups excluding carboxylic acids is 3. The molecular formula is C23H29FN4O5. The Hall–Kier alpha value is -3.43. The predicted molar refractivity (Wildman–Crippen MR) is 118 cm³/mol. The van der Waals surface area contributed by atoms with Gasteiger partial charge in [-0.3, -0.25) is 9.59 Å². The second-order valence-electron chi connectivity index (χ2n) is 8.98. The number of rotatable bonds is 5. The quantitative estimate of drug-likeness (QED) is 0.686. The summed E-state index contributed by atoms with van der Waals surface area (Å²) in [6.07, 6.45) is 0.736. The number of esters is 1. The molecule has 1 saturated heterocycles. The number of benzene rings is 1. The van der Waals surface area contributed by atoms with Crippen molar-refractivity contribution in [1.82, 2.24) is 14.7 Å². The van der Waals surface area contributed by atoms with Gasteiger partial charge in [0.05, 0.1) is 17.3 Å². The summed E-state index contributed by atoms with van der Waals surface area (Å²) in [6.45, 7) is 7.32. The highest BCUT2D eigenvalue weighted by Crippen LogP contribution is 2.21. The van der Waals surface area contributed by atoms with E-state index in [-0.39, 0.29) is 12.4 Å². The standard InChI is InChI=1S/C23H29FN4O5/c1-15-12-19(28(26-15)18-9-7-17(24)8-10-18)25-20(29)14-32-21(30)16-6-5-11-27(13-16)22(31)33-23(2,3)4/h7-10,12,16H,5-6,11,13-14H2,1-4H3,(H,25,29). The van der Waals surface area contributed by atoms with E-state index < -0.39 is 36.1 Å². The molecule has 1 fully saturated rings. The number of ether oxygens (including phenoxy) is 2. The van der Waals surface area contributed by atoms with Gasteiger partial charge in [0.1, 0.15) is 17.2 Å². The number of nitrogens with zero attached hydrogens (tertiary/aromatic N) is 3. The van der Waals surface area contributed by atoms with Crippen LogP contribution in [-0.2, 0) is 19.1 Å². The number of amides is 2. The molecule has 0 spiro atoms. The third kappa shape index (κ3) is 6.77. The van der Waals surface area contributed by atoms with Crippen molar-refractivity contribution in [2.45, 2.75) is 46.1 Å². The molecule has 3 rings (SSSR count). The number of likely N-dealkylation sites (tertiary alicyclic amines) is 1. The molecule has 33 heavy (non-hydrogen) atoms. The Morgan fingerprint density at radius 1 is 1.21 bits per heavy atom. The van der Waals surface area contributed by atoms with E-state index in [0.717, 1.165) is 0 Å². The van der Waals surface area contributed by atoms with Crippen molar-refractivity contribution >= 4 is 23.8 Å². The average molecular weight is 461 g/mol. The zero-order valence-electron chi connectivity index (χ0n) is 19.3. The summed E-state index contributed by atoms with van der Waals surface area (Å²) < 4.78 is 25.3. The molecule has 2 heterocycles. The van der Waals surface area contributed by atoms with E-state index in [2.05, 4.69) is 10.4 Å². The molecule has 178 valence electrons. The summed E-state index contributed by atoms with van der Waals surface area (Å²) >= 11 is 0. The summed E-state index contributed by atoms with van der Waals surface area (Å²) in [5.74, 6) is -1.61. The molecule has 0 bridgehead atoms. The van der Waals surface area contributed by atoms with Crippen LogP contribution in [0.4, 0.5) is 15.0 Å². The van der Waals surface area contributed by atoms with Gasteiger partial charge in [-0.15, -0.1) is 0 Å². The van der Waals surface area contributed by atoms with E-state index in [1.807, 2.05) is 0 Å². The third-order valence-electron chi connectivity index (χ3n) is 4.92. The molecule has 1 aliphatic heterocycles. The molecule has 1 atom stereocenters. The summed E-state index contributed by atoms with van der Waals surface area (Å²) in [6, 6.07) is 7.33. The van der Waals surface area contributed by atoms with Gasteiger partial charge in [0.15, 0.2) is 6.61 Å². The molecule has 0 radical (unpaired) electrons. The van der Waals surface area contributed by atoms with Crippen LogP contribution in [0.3, 0.4) is 0 Å². The van der Waals surface area contributed by atoms with Crippen LogP contribution >= 0.6 is 0 Å². The van der Waals surface area contributed by atoms with Crippen molar-refractivity contribution in [3.63, 3.8) is 0 Å². The Bertz CT molecular complexity index is 1010. The number of anilines is 1. The van der Waals surface area contributed by atoms with E-state index in [1.54, 1.807) is 33.8 Å². The lowest BCUT2D eigenvalue weighted by atomic mass is 9.98. The summed E-state index contributed by atoms with van der Waals surface area (Å²) in [5.41, 5.74) is 0.596. The Morgan fingerprint density at radius 2 is 1.91 bits per heavy atom. The zero-order chi connectivity index (χ0) is 24.2. The van der Waals surface area contributed by atoms with Crippen molar-refractivity contribution in [3.05, 3.63) is 41.8 Å². The second-order valence-corrected chi connectivity index (χ2v) is 8.98. The van der Waals surface area contributed by atoms with Gasteiger partial charge in [-0.25, -0.2) is 13.9 Å². The van der Waals surface area contributed by atoms with E-state index in [0.29, 0.717) is 36.6 Å². The van der Waals surface area contributed by atoms with Crippen LogP contribution in [0.1, 0.15) is 39.3 Å². The predicted octanol–water partition coefficient (Wildman–Crippen LogP) is 3.45. The molecule has 1 aromatic carbocycles. The Balaban J connectivity index is 1.54. The molecule has 1 aromatic heterocycles. The zero-order valence-corrected chi connectivity index (χ0v) is 19.3. The van der Waals surface area contributed by atoms with Crippen molar-refractivity contribution in [1.29, 1.82) is 0 Å². The van der Waals surface area contributed by atoms with Gasteiger partial charge in [0.2, 0.25) is 0 Å². The second kappa shape index (κ2) is 10.0. The van der Waals surface area contributed by atoms with Gasteiger partial charge in [0, 0.05) is 19.2 Å². The minimum atomic E-state index is -0.624. The number of aryl methyl sites for hydroxylation is 1. The van der Waals surface area contributed by atoms with Crippen molar-refractivity contribution in [2.24, 2.45) is 5.92 Å². The molecule has 2 aromatic rings. The molecule has 1 aliphatic rings. The van der Waals surface area contributed by atoms with E-state index in [1.165, 1.54) is 33.8 Å². The van der Waals surface area contributed by atoms with Crippen LogP contribution in [0.15, 0.2) is 30.3 Å². The normalized spacial score (nSPS) is 16.3. The van der Waals surface area contributed by atoms with Crippen molar-refractivity contribution in [3.8, 4) is 5.69 Å². The van der Waals surface area contributed by atoms with E-state index >= 15 is 0 Å². The Morgan fingerprint density at radius 3 is 2.58 bits per heavy atom. The molecule has 0 saturated carbocycles. The fourth-order valence-electron chi connectivity index (χ4n) is 3.46. The molecular weight excluding hydrogens is 431 g/mol. The number of hydrogen-bond donors (Lipinski definition) is 1. The Kier molecular flexibility index (Phi) is 7.35. The molecule has 2 amide bonds. The van der Waals surface area contributed by atoms with Crippen LogP contribution < -0.4 is 5.32 Å². The van der Waals surface area contributed by atoms with Gasteiger partial charge >= 0.3 is 12.1 Å². The topological polar surface area (TPSA) is 103 Å². The first-order valence-electron chi connectivity index (χ1n) is 10.8. The first-order chi connectivity index (χ1) is 15.5. The molecule has 1 unspecified atom stereocenters. The lowest BCUT2D eigenvalue weighted by Gasteiger charge is -2.33. The Labute approximate surface area is 191 Å². The maximum atomic E-state index is 13.2. The largest absolute Gasteiger partial charge is 0.455 e. The number of carbonyl (C=O) groups is 3. The molecule has 10 heteroatoms. The highest BCUT2D eigenvalue weighted by Gasteiger charge is 2.32. The van der Waals surface area contributed by atoms with Gasteiger partial charge in [-0.1, -0.05) is 0 Å². The lowest BCUT2D eigenvalue weighted by molar-refractivity contribution is -0.153. The number of nitrogens with one attached hydrogen (secondary N) is 1. The summed E-state index contributed by atoms with van der Waals surface area (Å²) in [4.78, 5) is 38.7. The minimum Gasteiger partial charge on any atom is -0.455 e. The van der Waals surface area contributed by atoms with Crippen LogP contribution in [0, 0.1) is 18.7 Å². The minimum absolute atomic E-state index is 0.186. The monoisotopic (exact) mass is 460 g/mol. The summed E-state index contributed by atoms with van der Waals surface area (Å²) in [5, 5.41) is 6.97. The number of hydrogen-bond acceptors (Lipinski definition) is 6. The smallest absolute Gasteiger partial charge is 0.410 e. The fraction of sp³-hybridized carbons (Fsp3) is 0.478. The maximum Gasteiger partial charge on any atom is 0.410 e. The maximum absolute atomic E-state index is 13.2. The molecule has 1 N–H and O–H groups in total. The fourth-order valence-corrected chi connectivity index (χ4v) is 3.46. The van der Waals surface area contributed by atoms with Gasteiger partial charge in [-0.2, -0.15) is 5.10 Å². The van der Waals surface area contributed by atoms with Gasteiger partial charge in [0.25, 0.3) is 5.91 Å². The number of halogens is 1. The van der Waals surface area contributed by atoms with Crippen LogP contribution in [-0.4, -0.2) is 57.9 Å². The highest BCUT2D eigenvalue weighted by atomic mass is 19.1. The SMILES string of the molecule is Cc1cc(NC(=O)COC(=O)C2CCCN(C(=O)OC(C)(C)C)C2)n(-c2ccc(F)cc2)n1. The van der Waals surface area contributed by atoms with Crippen molar-refractivity contribution < 1.29 is 28.2 Å². The van der Waals surface area contributed by atoms with Gasteiger partial charge in [-0.05, 0) is 64.8 Å². The van der Waals surface area contributed by atoms with E-state index in [4.69, 9.17) is 9.47 Å². The highest BCUT2D eigenvalue weighted by molar-refractivity contribution is 5.92. The number of piperidine rings is 1. The lowest BCUT2D eigenvalue weighted by Crippen LogP contribution is -2.45. The first-order valence-corrected chi connectivity index (χ1v) is 10.8. The molecule has 9 nitrogen and oxygen atoms in total.